The molecule has 0 amide bonds. The van der Waals surface area contributed by atoms with Crippen LogP contribution >= 0.6 is 0 Å². The average molecular weight is 136 g/mol. The summed E-state index contributed by atoms with van der Waals surface area (Å²) in [6.07, 6.45) is 0. The van der Waals surface area contributed by atoms with Crippen molar-refractivity contribution in [2.24, 2.45) is 0 Å². The average Bonchev–Trinajstić information content (AvgIpc) is 1.69. The molecule has 0 aromatic rings. The van der Waals surface area contributed by atoms with E-state index in [0.29, 0.717) is 0 Å². The van der Waals surface area contributed by atoms with Crippen LogP contribution in [0.15, 0.2) is 12.2 Å². The van der Waals surface area contributed by atoms with Gasteiger partial charge in [0.2, 0.25) is 0 Å². The lowest BCUT2D eigenvalue weighted by Crippen LogP contribution is -2.09. The van der Waals surface area contributed by atoms with Crippen molar-refractivity contribution in [3.05, 3.63) is 12.2 Å². The Hall–Kier alpha value is -0.400. The van der Waals surface area contributed by atoms with Crippen molar-refractivity contribution in [1.29, 1.82) is 0 Å². The van der Waals surface area contributed by atoms with Gasteiger partial charge in [0.1, 0.15) is 0 Å². The van der Waals surface area contributed by atoms with Gasteiger partial charge in [0.25, 0.3) is 5.92 Å². The molecule has 0 N–H and O–H groups in total. The van der Waals surface area contributed by atoms with Gasteiger partial charge in [-0.1, -0.05) is 20.4 Å². The number of rotatable bonds is 1. The Kier molecular flexibility index (Phi) is 5.67. The molecule has 0 heterocycles. The van der Waals surface area contributed by atoms with Crippen molar-refractivity contribution in [3.63, 3.8) is 0 Å². The van der Waals surface area contributed by atoms with Crippen LogP contribution < -0.4 is 0 Å². The summed E-state index contributed by atoms with van der Waals surface area (Å²) in [6, 6.07) is 0. The summed E-state index contributed by atoms with van der Waals surface area (Å²) >= 11 is 0. The minimum absolute atomic E-state index is 0.0903. The van der Waals surface area contributed by atoms with Gasteiger partial charge in [-0.2, -0.15) is 0 Å². The zero-order valence-electron chi connectivity index (χ0n) is 6.46. The second kappa shape index (κ2) is 4.48. The molecule has 56 valence electrons. The Labute approximate surface area is 55.6 Å². The number of alkyl halides is 2. The van der Waals surface area contributed by atoms with Crippen molar-refractivity contribution in [2.75, 3.05) is 0 Å². The lowest BCUT2D eigenvalue weighted by molar-refractivity contribution is 0.0641. The third-order valence-corrected chi connectivity index (χ3v) is 0.749. The first-order chi connectivity index (χ1) is 3.94. The first kappa shape index (κ1) is 11.4. The first-order valence-electron chi connectivity index (χ1n) is 2.98. The van der Waals surface area contributed by atoms with Crippen LogP contribution in [0.5, 0.6) is 0 Å². The molecule has 0 nitrogen and oxygen atoms in total. The van der Waals surface area contributed by atoms with E-state index in [-0.39, 0.29) is 5.57 Å². The highest BCUT2D eigenvalue weighted by molar-refractivity contribution is 5.00. The van der Waals surface area contributed by atoms with Crippen molar-refractivity contribution in [3.8, 4) is 0 Å². The highest BCUT2D eigenvalue weighted by atomic mass is 19.3. The summed E-state index contributed by atoms with van der Waals surface area (Å²) in [5.41, 5.74) is -0.0903. The van der Waals surface area contributed by atoms with Gasteiger partial charge in [0.15, 0.2) is 0 Å². The maximum Gasteiger partial charge on any atom is 0.266 e. The van der Waals surface area contributed by atoms with Crippen LogP contribution in [-0.2, 0) is 0 Å². The van der Waals surface area contributed by atoms with Gasteiger partial charge in [-0.3, -0.25) is 0 Å². The monoisotopic (exact) mass is 136 g/mol. The summed E-state index contributed by atoms with van der Waals surface area (Å²) in [4.78, 5) is 0. The number of hydrogen-bond acceptors (Lipinski definition) is 0. The fraction of sp³-hybridized carbons (Fsp3) is 0.714. The standard InChI is InChI=1S/C5H8F2.C2H6/c1-4(2)5(3,6)7;1-2/h1H2,2-3H3;1-2H3. The van der Waals surface area contributed by atoms with Crippen molar-refractivity contribution < 1.29 is 8.78 Å². The summed E-state index contributed by atoms with van der Waals surface area (Å²) in [5.74, 6) is -2.69. The molecule has 0 aromatic heterocycles. The molecule has 0 aliphatic heterocycles. The lowest BCUT2D eigenvalue weighted by Gasteiger charge is -2.06. The molecule has 0 aromatic carbocycles. The van der Waals surface area contributed by atoms with Gasteiger partial charge < -0.3 is 0 Å². The molecule has 0 unspecified atom stereocenters. The molecule has 0 bridgehead atoms. The van der Waals surface area contributed by atoms with Gasteiger partial charge in [0.05, 0.1) is 0 Å². The molecule has 9 heavy (non-hydrogen) atoms. The predicted octanol–water partition coefficient (Wildman–Crippen LogP) is 3.24. The van der Waals surface area contributed by atoms with E-state index in [4.69, 9.17) is 0 Å². The maximum atomic E-state index is 11.7. The van der Waals surface area contributed by atoms with E-state index in [0.717, 1.165) is 6.92 Å². The van der Waals surface area contributed by atoms with Gasteiger partial charge in [-0.15, -0.1) is 0 Å². The van der Waals surface area contributed by atoms with Crippen LogP contribution in [0.1, 0.15) is 27.7 Å². The summed E-state index contributed by atoms with van der Waals surface area (Å²) in [7, 11) is 0. The summed E-state index contributed by atoms with van der Waals surface area (Å²) < 4.78 is 23.5. The second-order valence-electron chi connectivity index (χ2n) is 1.67. The molecule has 0 radical (unpaired) electrons. The number of halogens is 2. The molecule has 0 spiro atoms. The quantitative estimate of drug-likeness (QED) is 0.485. The Morgan fingerprint density at radius 3 is 1.44 bits per heavy atom. The first-order valence-corrected chi connectivity index (χ1v) is 2.98. The van der Waals surface area contributed by atoms with Gasteiger partial charge >= 0.3 is 0 Å². The lowest BCUT2D eigenvalue weighted by atomic mass is 10.2. The second-order valence-corrected chi connectivity index (χ2v) is 1.67. The highest BCUT2D eigenvalue weighted by Gasteiger charge is 2.20. The van der Waals surface area contributed by atoms with Crippen LogP contribution in [0.2, 0.25) is 0 Å². The van der Waals surface area contributed by atoms with Crippen LogP contribution in [-0.4, -0.2) is 5.92 Å². The molecular formula is C7H14F2. The number of allylic oxidation sites excluding steroid dienone is 1. The molecule has 0 atom stereocenters. The van der Waals surface area contributed by atoms with Crippen LogP contribution in [0.3, 0.4) is 0 Å². The van der Waals surface area contributed by atoms with Gasteiger partial charge in [-0.05, 0) is 12.5 Å². The van der Waals surface area contributed by atoms with E-state index < -0.39 is 5.92 Å². The topological polar surface area (TPSA) is 0 Å². The van der Waals surface area contributed by atoms with Crippen molar-refractivity contribution in [2.45, 2.75) is 33.6 Å². The molecular weight excluding hydrogens is 122 g/mol. The van der Waals surface area contributed by atoms with Crippen molar-refractivity contribution in [1.82, 2.24) is 0 Å². The minimum atomic E-state index is -2.69. The largest absolute Gasteiger partial charge is 0.266 e. The third kappa shape index (κ3) is 7.60. The highest BCUT2D eigenvalue weighted by Crippen LogP contribution is 2.19. The summed E-state index contributed by atoms with van der Waals surface area (Å²) in [5, 5.41) is 0. The maximum absolute atomic E-state index is 11.7. The normalized spacial score (nSPS) is 9.56. The molecule has 0 rings (SSSR count). The fourth-order valence-electron chi connectivity index (χ4n) is 0. The van der Waals surface area contributed by atoms with E-state index in [1.54, 1.807) is 0 Å². The molecule has 0 aliphatic rings. The molecule has 2 heteroatoms. The SMILES string of the molecule is C=C(C)C(C)(F)F.CC. The van der Waals surface area contributed by atoms with E-state index in [2.05, 4.69) is 6.58 Å². The van der Waals surface area contributed by atoms with E-state index in [1.807, 2.05) is 13.8 Å². The molecule has 0 fully saturated rings. The zero-order chi connectivity index (χ0) is 8.08. The minimum Gasteiger partial charge on any atom is -0.202 e. The van der Waals surface area contributed by atoms with Crippen LogP contribution in [0.4, 0.5) is 8.78 Å². The van der Waals surface area contributed by atoms with E-state index in [9.17, 15) is 8.78 Å². The predicted molar refractivity (Wildman–Crippen MR) is 36.8 cm³/mol. The zero-order valence-corrected chi connectivity index (χ0v) is 6.46. The Bertz CT molecular complexity index is 79.4. The third-order valence-electron chi connectivity index (χ3n) is 0.749. The van der Waals surface area contributed by atoms with Gasteiger partial charge in [-0.25, -0.2) is 8.78 Å². The molecule has 0 aliphatic carbocycles. The van der Waals surface area contributed by atoms with Crippen LogP contribution in [0.25, 0.3) is 0 Å². The Morgan fingerprint density at radius 2 is 1.44 bits per heavy atom. The smallest absolute Gasteiger partial charge is 0.202 e. The van der Waals surface area contributed by atoms with Gasteiger partial charge in [0, 0.05) is 6.92 Å². The molecule has 0 saturated carbocycles. The molecule has 0 saturated heterocycles. The fourth-order valence-corrected chi connectivity index (χ4v) is 0. The Balaban J connectivity index is 0. The Morgan fingerprint density at radius 1 is 1.33 bits per heavy atom. The van der Waals surface area contributed by atoms with Crippen LogP contribution in [0, 0.1) is 0 Å². The van der Waals surface area contributed by atoms with E-state index >= 15 is 0 Å². The van der Waals surface area contributed by atoms with Crippen molar-refractivity contribution >= 4 is 0 Å². The number of hydrogen-bond donors (Lipinski definition) is 0. The van der Waals surface area contributed by atoms with E-state index in [1.165, 1.54) is 6.92 Å². The summed E-state index contributed by atoms with van der Waals surface area (Å²) in [6.45, 7) is 9.21.